The van der Waals surface area contributed by atoms with Gasteiger partial charge in [-0.3, -0.25) is 0 Å². The third-order valence-electron chi connectivity index (χ3n) is 4.03. The van der Waals surface area contributed by atoms with Crippen LogP contribution in [0.2, 0.25) is 0 Å². The molecule has 0 aromatic heterocycles. The van der Waals surface area contributed by atoms with Gasteiger partial charge in [0.05, 0.1) is 0 Å². The van der Waals surface area contributed by atoms with E-state index in [0.29, 0.717) is 31.0 Å². The van der Waals surface area contributed by atoms with Crippen LogP contribution in [0, 0.1) is 17.8 Å². The molecule has 0 saturated carbocycles. The lowest BCUT2D eigenvalue weighted by Crippen LogP contribution is -2.29. The van der Waals surface area contributed by atoms with Crippen LogP contribution in [0.3, 0.4) is 0 Å². The number of nitrogens with one attached hydrogen (secondary N) is 1. The summed E-state index contributed by atoms with van der Waals surface area (Å²) in [6.07, 6.45) is 0. The molecule has 0 fully saturated rings. The molecule has 0 unspecified atom stereocenters. The number of rotatable bonds is 6. The molecule has 0 aliphatic carbocycles. The smallest absolute Gasteiger partial charge is 0.161 e. The van der Waals surface area contributed by atoms with Crippen molar-refractivity contribution in [2.75, 3.05) is 19.8 Å². The van der Waals surface area contributed by atoms with E-state index in [0.717, 1.165) is 24.6 Å². The lowest BCUT2D eigenvalue weighted by atomic mass is 9.85. The number of benzene rings is 1. The van der Waals surface area contributed by atoms with E-state index in [-0.39, 0.29) is 0 Å². The van der Waals surface area contributed by atoms with E-state index in [1.54, 1.807) is 0 Å². The fourth-order valence-corrected chi connectivity index (χ4v) is 2.82. The van der Waals surface area contributed by atoms with Crippen LogP contribution >= 0.6 is 0 Å². The maximum Gasteiger partial charge on any atom is 0.161 e. The van der Waals surface area contributed by atoms with Crippen molar-refractivity contribution in [1.82, 2.24) is 5.32 Å². The van der Waals surface area contributed by atoms with Crippen LogP contribution in [0.1, 0.15) is 33.3 Å². The van der Waals surface area contributed by atoms with E-state index in [2.05, 4.69) is 45.1 Å². The molecule has 0 radical (unpaired) electrons. The van der Waals surface area contributed by atoms with Crippen molar-refractivity contribution in [2.45, 2.75) is 34.2 Å². The summed E-state index contributed by atoms with van der Waals surface area (Å²) in [7, 11) is 0. The van der Waals surface area contributed by atoms with Gasteiger partial charge in [0.25, 0.3) is 0 Å². The highest BCUT2D eigenvalue weighted by Gasteiger charge is 2.17. The molecule has 0 spiro atoms. The van der Waals surface area contributed by atoms with Gasteiger partial charge in [-0.2, -0.15) is 0 Å². The highest BCUT2D eigenvalue weighted by atomic mass is 16.6. The monoisotopic (exact) mass is 277 g/mol. The van der Waals surface area contributed by atoms with Crippen molar-refractivity contribution in [1.29, 1.82) is 0 Å². The second kappa shape index (κ2) is 6.98. The highest BCUT2D eigenvalue weighted by Crippen LogP contribution is 2.30. The SMILES string of the molecule is CC(C)C(CNCc1ccc2c(c1)OCCO2)C(C)C. The summed E-state index contributed by atoms with van der Waals surface area (Å²) in [4.78, 5) is 0. The first-order valence-corrected chi connectivity index (χ1v) is 7.67. The molecule has 0 bridgehead atoms. The predicted molar refractivity (Wildman–Crippen MR) is 82.3 cm³/mol. The number of ether oxygens (including phenoxy) is 2. The van der Waals surface area contributed by atoms with Crippen molar-refractivity contribution >= 4 is 0 Å². The summed E-state index contributed by atoms with van der Waals surface area (Å²) in [5.74, 6) is 3.87. The number of hydrogen-bond donors (Lipinski definition) is 1. The molecule has 1 aromatic rings. The lowest BCUT2D eigenvalue weighted by molar-refractivity contribution is 0.171. The molecule has 1 N–H and O–H groups in total. The van der Waals surface area contributed by atoms with Gasteiger partial charge in [0.1, 0.15) is 13.2 Å². The number of hydrogen-bond acceptors (Lipinski definition) is 3. The van der Waals surface area contributed by atoms with Crippen LogP contribution in [-0.4, -0.2) is 19.8 Å². The molecular formula is C17H27NO2. The molecule has 0 amide bonds. The molecule has 0 atom stereocenters. The minimum Gasteiger partial charge on any atom is -0.486 e. The van der Waals surface area contributed by atoms with Crippen molar-refractivity contribution in [2.24, 2.45) is 17.8 Å². The number of fused-ring (bicyclic) bond motifs is 1. The summed E-state index contributed by atoms with van der Waals surface area (Å²) in [6.45, 7) is 12.4. The standard InChI is InChI=1S/C17H27NO2/c1-12(2)15(13(3)4)11-18-10-14-5-6-16-17(9-14)20-8-7-19-16/h5-6,9,12-13,15,18H,7-8,10-11H2,1-4H3. The zero-order valence-corrected chi connectivity index (χ0v) is 13.1. The maximum atomic E-state index is 5.62. The first-order chi connectivity index (χ1) is 9.58. The molecule has 3 nitrogen and oxygen atoms in total. The van der Waals surface area contributed by atoms with Gasteiger partial charge >= 0.3 is 0 Å². The minimum absolute atomic E-state index is 0.645. The Bertz CT molecular complexity index is 421. The molecule has 0 saturated heterocycles. The summed E-state index contributed by atoms with van der Waals surface area (Å²) < 4.78 is 11.2. The molecule has 3 heteroatoms. The Labute approximate surface area is 122 Å². The maximum absolute atomic E-state index is 5.62. The Morgan fingerprint density at radius 3 is 2.30 bits per heavy atom. The van der Waals surface area contributed by atoms with Crippen molar-refractivity contribution < 1.29 is 9.47 Å². The minimum atomic E-state index is 0.645. The molecule has 2 rings (SSSR count). The van der Waals surface area contributed by atoms with E-state index in [1.165, 1.54) is 5.56 Å². The van der Waals surface area contributed by atoms with Gasteiger partial charge in [0.2, 0.25) is 0 Å². The average Bonchev–Trinajstić information content (AvgIpc) is 2.42. The Morgan fingerprint density at radius 2 is 1.65 bits per heavy atom. The first kappa shape index (κ1) is 15.2. The van der Waals surface area contributed by atoms with Gasteiger partial charge in [-0.1, -0.05) is 33.8 Å². The molecule has 1 aliphatic rings. The lowest BCUT2D eigenvalue weighted by Gasteiger charge is -2.25. The van der Waals surface area contributed by atoms with Crippen LogP contribution in [0.25, 0.3) is 0 Å². The molecule has 112 valence electrons. The van der Waals surface area contributed by atoms with Gasteiger partial charge in [-0.05, 0) is 42.0 Å². The predicted octanol–water partition coefficient (Wildman–Crippen LogP) is 3.48. The quantitative estimate of drug-likeness (QED) is 0.863. The summed E-state index contributed by atoms with van der Waals surface area (Å²) in [5, 5.41) is 3.57. The van der Waals surface area contributed by atoms with Gasteiger partial charge < -0.3 is 14.8 Å². The van der Waals surface area contributed by atoms with Gasteiger partial charge in [0.15, 0.2) is 11.5 Å². The van der Waals surface area contributed by atoms with Gasteiger partial charge in [-0.25, -0.2) is 0 Å². The fourth-order valence-electron chi connectivity index (χ4n) is 2.82. The van der Waals surface area contributed by atoms with Crippen LogP contribution in [-0.2, 0) is 6.54 Å². The van der Waals surface area contributed by atoms with Gasteiger partial charge in [-0.15, -0.1) is 0 Å². The van der Waals surface area contributed by atoms with Crippen molar-refractivity contribution in [3.63, 3.8) is 0 Å². The van der Waals surface area contributed by atoms with E-state index in [4.69, 9.17) is 9.47 Å². The van der Waals surface area contributed by atoms with Crippen LogP contribution < -0.4 is 14.8 Å². The van der Waals surface area contributed by atoms with Crippen LogP contribution in [0.5, 0.6) is 11.5 Å². The summed E-state index contributed by atoms with van der Waals surface area (Å²) in [5.41, 5.74) is 1.25. The topological polar surface area (TPSA) is 30.5 Å². The van der Waals surface area contributed by atoms with Crippen LogP contribution in [0.4, 0.5) is 0 Å². The van der Waals surface area contributed by atoms with Gasteiger partial charge in [0, 0.05) is 6.54 Å². The Kier molecular flexibility index (Phi) is 5.30. The second-order valence-electron chi connectivity index (χ2n) is 6.26. The molecular weight excluding hydrogens is 250 g/mol. The zero-order valence-electron chi connectivity index (χ0n) is 13.1. The molecule has 1 heterocycles. The van der Waals surface area contributed by atoms with E-state index in [9.17, 15) is 0 Å². The summed E-state index contributed by atoms with van der Waals surface area (Å²) >= 11 is 0. The van der Waals surface area contributed by atoms with Crippen molar-refractivity contribution in [3.05, 3.63) is 23.8 Å². The van der Waals surface area contributed by atoms with Crippen LogP contribution in [0.15, 0.2) is 18.2 Å². The average molecular weight is 277 g/mol. The molecule has 20 heavy (non-hydrogen) atoms. The second-order valence-corrected chi connectivity index (χ2v) is 6.26. The third-order valence-corrected chi connectivity index (χ3v) is 4.03. The van der Waals surface area contributed by atoms with E-state index in [1.807, 2.05) is 6.07 Å². The van der Waals surface area contributed by atoms with E-state index >= 15 is 0 Å². The van der Waals surface area contributed by atoms with E-state index < -0.39 is 0 Å². The Hall–Kier alpha value is -1.22. The third kappa shape index (κ3) is 3.89. The molecule has 1 aromatic carbocycles. The molecule has 1 aliphatic heterocycles. The highest BCUT2D eigenvalue weighted by molar-refractivity contribution is 5.43. The largest absolute Gasteiger partial charge is 0.486 e. The summed E-state index contributed by atoms with van der Waals surface area (Å²) in [6, 6.07) is 6.20. The van der Waals surface area contributed by atoms with Crippen molar-refractivity contribution in [3.8, 4) is 11.5 Å². The fraction of sp³-hybridized carbons (Fsp3) is 0.647. The Balaban J connectivity index is 1.88. The first-order valence-electron chi connectivity index (χ1n) is 7.67. The normalized spacial score (nSPS) is 14.3. The zero-order chi connectivity index (χ0) is 14.5. The Morgan fingerprint density at radius 1 is 1.00 bits per heavy atom.